The molecule has 0 bridgehead atoms. The number of hydrogen-bond donors (Lipinski definition) is 0. The zero-order valence-corrected chi connectivity index (χ0v) is 14.8. The van der Waals surface area contributed by atoms with Crippen molar-refractivity contribution in [1.82, 2.24) is 20.3 Å². The topological polar surface area (TPSA) is 87.1 Å². The molecule has 0 N–H and O–H groups in total. The molecule has 4 aromatic rings. The Morgan fingerprint density at radius 1 is 1.04 bits per heavy atom. The van der Waals surface area contributed by atoms with E-state index >= 15 is 0 Å². The molecule has 0 atom stereocenters. The number of methoxy groups -OCH3 is 1. The standard InChI is InChI=1S/C18H12ClFN4O3/c1-25-14-7-4-11(8-13(14)20)17-21-15(27-24-17)9-16-22-23-18(26-16)10-2-5-12(19)6-3-10/h2-8H,9H2,1H3. The number of halogens is 2. The molecule has 0 radical (unpaired) electrons. The number of nitrogens with zero attached hydrogens (tertiary/aromatic N) is 4. The van der Waals surface area contributed by atoms with Gasteiger partial charge in [0.15, 0.2) is 11.6 Å². The van der Waals surface area contributed by atoms with Gasteiger partial charge in [-0.25, -0.2) is 4.39 Å². The van der Waals surface area contributed by atoms with Gasteiger partial charge in [0.25, 0.3) is 0 Å². The van der Waals surface area contributed by atoms with E-state index in [1.807, 2.05) is 0 Å². The first-order chi connectivity index (χ1) is 13.1. The van der Waals surface area contributed by atoms with Crippen molar-refractivity contribution in [3.8, 4) is 28.6 Å². The maximum atomic E-state index is 13.8. The second-order valence-corrected chi connectivity index (χ2v) is 5.98. The zero-order chi connectivity index (χ0) is 18.8. The summed E-state index contributed by atoms with van der Waals surface area (Å²) >= 11 is 5.87. The molecular formula is C18H12ClFN4O3. The average Bonchev–Trinajstić information content (AvgIpc) is 3.32. The average molecular weight is 387 g/mol. The van der Waals surface area contributed by atoms with Gasteiger partial charge in [0.05, 0.1) is 7.11 Å². The van der Waals surface area contributed by atoms with Crippen molar-refractivity contribution in [3.63, 3.8) is 0 Å². The van der Waals surface area contributed by atoms with Crippen molar-refractivity contribution in [1.29, 1.82) is 0 Å². The predicted molar refractivity (Wildman–Crippen MR) is 93.8 cm³/mol. The first kappa shape index (κ1) is 17.2. The van der Waals surface area contributed by atoms with Crippen LogP contribution in [0.3, 0.4) is 0 Å². The molecule has 0 aliphatic carbocycles. The maximum Gasteiger partial charge on any atom is 0.247 e. The largest absolute Gasteiger partial charge is 0.494 e. The molecule has 4 rings (SSSR count). The lowest BCUT2D eigenvalue weighted by atomic mass is 10.2. The van der Waals surface area contributed by atoms with Crippen LogP contribution in [0.1, 0.15) is 11.8 Å². The van der Waals surface area contributed by atoms with Crippen LogP contribution in [0.4, 0.5) is 4.39 Å². The summed E-state index contributed by atoms with van der Waals surface area (Å²) in [7, 11) is 1.40. The summed E-state index contributed by atoms with van der Waals surface area (Å²) in [6.45, 7) is 0. The quantitative estimate of drug-likeness (QED) is 0.508. The lowest BCUT2D eigenvalue weighted by Gasteiger charge is -2.01. The molecule has 0 saturated heterocycles. The summed E-state index contributed by atoms with van der Waals surface area (Å²) in [5.41, 5.74) is 1.22. The van der Waals surface area contributed by atoms with Gasteiger partial charge in [-0.2, -0.15) is 4.98 Å². The lowest BCUT2D eigenvalue weighted by Crippen LogP contribution is -1.91. The highest BCUT2D eigenvalue weighted by Gasteiger charge is 2.15. The third-order valence-electron chi connectivity index (χ3n) is 3.74. The fourth-order valence-corrected chi connectivity index (χ4v) is 2.54. The molecule has 0 spiro atoms. The van der Waals surface area contributed by atoms with Crippen molar-refractivity contribution in [2.24, 2.45) is 0 Å². The third-order valence-corrected chi connectivity index (χ3v) is 3.99. The minimum Gasteiger partial charge on any atom is -0.494 e. The van der Waals surface area contributed by atoms with Crippen LogP contribution < -0.4 is 4.74 Å². The number of benzene rings is 2. The third kappa shape index (κ3) is 3.65. The van der Waals surface area contributed by atoms with E-state index in [9.17, 15) is 4.39 Å². The van der Waals surface area contributed by atoms with Crippen LogP contribution in [0.2, 0.25) is 5.02 Å². The van der Waals surface area contributed by atoms with E-state index in [1.165, 1.54) is 19.2 Å². The molecular weight excluding hydrogens is 375 g/mol. The highest BCUT2D eigenvalue weighted by Crippen LogP contribution is 2.24. The summed E-state index contributed by atoms with van der Waals surface area (Å²) < 4.78 is 29.5. The van der Waals surface area contributed by atoms with E-state index in [1.54, 1.807) is 30.3 Å². The molecule has 0 saturated carbocycles. The molecule has 0 aliphatic rings. The monoisotopic (exact) mass is 386 g/mol. The molecule has 9 heteroatoms. The fourth-order valence-electron chi connectivity index (χ4n) is 2.41. The van der Waals surface area contributed by atoms with E-state index in [0.717, 1.165) is 5.56 Å². The van der Waals surface area contributed by atoms with Crippen molar-refractivity contribution in [2.45, 2.75) is 6.42 Å². The van der Waals surface area contributed by atoms with Gasteiger partial charge in [-0.3, -0.25) is 0 Å². The van der Waals surface area contributed by atoms with E-state index in [0.29, 0.717) is 22.4 Å². The first-order valence-electron chi connectivity index (χ1n) is 7.87. The Morgan fingerprint density at radius 2 is 1.81 bits per heavy atom. The van der Waals surface area contributed by atoms with Gasteiger partial charge in [0.1, 0.15) is 6.42 Å². The Morgan fingerprint density at radius 3 is 2.56 bits per heavy atom. The predicted octanol–water partition coefficient (Wildman–Crippen LogP) is 4.18. The molecule has 27 heavy (non-hydrogen) atoms. The highest BCUT2D eigenvalue weighted by atomic mass is 35.5. The van der Waals surface area contributed by atoms with Gasteiger partial charge in [0, 0.05) is 16.1 Å². The minimum atomic E-state index is -0.508. The van der Waals surface area contributed by atoms with Crippen LogP contribution >= 0.6 is 11.6 Å². The summed E-state index contributed by atoms with van der Waals surface area (Å²) in [6, 6.07) is 11.4. The van der Waals surface area contributed by atoms with E-state index in [2.05, 4.69) is 20.3 Å². The smallest absolute Gasteiger partial charge is 0.247 e. The van der Waals surface area contributed by atoms with Crippen LogP contribution in [-0.2, 0) is 6.42 Å². The molecule has 0 amide bonds. The highest BCUT2D eigenvalue weighted by molar-refractivity contribution is 6.30. The van der Waals surface area contributed by atoms with Crippen LogP contribution in [0.25, 0.3) is 22.8 Å². The number of rotatable bonds is 5. The zero-order valence-electron chi connectivity index (χ0n) is 14.0. The van der Waals surface area contributed by atoms with Crippen LogP contribution in [-0.4, -0.2) is 27.4 Å². The minimum absolute atomic E-state index is 0.142. The Bertz CT molecular complexity index is 1080. The summed E-state index contributed by atoms with van der Waals surface area (Å²) in [4.78, 5) is 4.24. The Hall–Kier alpha value is -3.26. The molecule has 0 aliphatic heterocycles. The summed E-state index contributed by atoms with van der Waals surface area (Å²) in [5.74, 6) is 0.833. The number of aromatic nitrogens is 4. The Balaban J connectivity index is 1.51. The van der Waals surface area contributed by atoms with Gasteiger partial charge in [-0.15, -0.1) is 10.2 Å². The van der Waals surface area contributed by atoms with E-state index in [4.69, 9.17) is 25.3 Å². The lowest BCUT2D eigenvalue weighted by molar-refractivity contribution is 0.373. The molecule has 0 unspecified atom stereocenters. The fraction of sp³-hybridized carbons (Fsp3) is 0.111. The van der Waals surface area contributed by atoms with Crippen molar-refractivity contribution < 1.29 is 18.1 Å². The maximum absolute atomic E-state index is 13.8. The van der Waals surface area contributed by atoms with Crippen molar-refractivity contribution in [2.75, 3.05) is 7.11 Å². The van der Waals surface area contributed by atoms with Gasteiger partial charge in [-0.05, 0) is 42.5 Å². The van der Waals surface area contributed by atoms with Crippen LogP contribution in [0.5, 0.6) is 5.75 Å². The van der Waals surface area contributed by atoms with Crippen LogP contribution in [0.15, 0.2) is 51.4 Å². The number of hydrogen-bond acceptors (Lipinski definition) is 7. The Kier molecular flexibility index (Phi) is 4.55. The molecule has 0 fully saturated rings. The molecule has 7 nitrogen and oxygen atoms in total. The number of ether oxygens (including phenoxy) is 1. The normalized spacial score (nSPS) is 10.9. The molecule has 2 aromatic heterocycles. The van der Waals surface area contributed by atoms with Gasteiger partial charge < -0.3 is 13.7 Å². The van der Waals surface area contributed by atoms with E-state index < -0.39 is 5.82 Å². The van der Waals surface area contributed by atoms with Crippen LogP contribution in [0, 0.1) is 5.82 Å². The van der Waals surface area contributed by atoms with Crippen molar-refractivity contribution >= 4 is 11.6 Å². The van der Waals surface area contributed by atoms with E-state index in [-0.39, 0.29) is 23.9 Å². The summed E-state index contributed by atoms with van der Waals surface area (Å²) in [5, 5.41) is 12.4. The molecule has 2 aromatic carbocycles. The second-order valence-electron chi connectivity index (χ2n) is 5.55. The second kappa shape index (κ2) is 7.16. The SMILES string of the molecule is COc1ccc(-c2noc(Cc3nnc(-c4ccc(Cl)cc4)o3)n2)cc1F. The molecule has 2 heterocycles. The van der Waals surface area contributed by atoms with Crippen molar-refractivity contribution in [3.05, 3.63) is 65.1 Å². The first-order valence-corrected chi connectivity index (χ1v) is 8.25. The molecule has 136 valence electrons. The summed E-state index contributed by atoms with van der Waals surface area (Å²) in [6.07, 6.45) is 0.159. The Labute approximate surface area is 157 Å². The van der Waals surface area contributed by atoms with Gasteiger partial charge in [0.2, 0.25) is 23.5 Å². The van der Waals surface area contributed by atoms with Gasteiger partial charge >= 0.3 is 0 Å². The van der Waals surface area contributed by atoms with Gasteiger partial charge in [-0.1, -0.05) is 16.8 Å².